The number of carbonyl (C=O) groups excluding carboxylic acids is 1. The molecule has 0 atom stereocenters. The molecule has 24 heavy (non-hydrogen) atoms. The van der Waals surface area contributed by atoms with Gasteiger partial charge in [-0.3, -0.25) is 14.3 Å². The van der Waals surface area contributed by atoms with Gasteiger partial charge >= 0.3 is 12.1 Å². The molecule has 0 aromatic carbocycles. The van der Waals surface area contributed by atoms with E-state index in [9.17, 15) is 22.8 Å². The molecular formula is C15H22F3N3O3. The van der Waals surface area contributed by atoms with Gasteiger partial charge in [0.15, 0.2) is 5.69 Å². The number of carboxylic acid groups (broad SMARTS) is 1. The van der Waals surface area contributed by atoms with Crippen molar-refractivity contribution in [3.8, 4) is 0 Å². The summed E-state index contributed by atoms with van der Waals surface area (Å²) in [6.45, 7) is 4.88. The lowest BCUT2D eigenvalue weighted by molar-refractivity contribution is -0.146. The molecule has 1 aromatic rings. The van der Waals surface area contributed by atoms with Crippen LogP contribution in [0.25, 0.3) is 0 Å². The third-order valence-electron chi connectivity index (χ3n) is 3.27. The number of rotatable bonds is 7. The molecule has 0 aliphatic rings. The van der Waals surface area contributed by atoms with Crippen LogP contribution in [0.2, 0.25) is 0 Å². The number of carboxylic acids is 1. The minimum absolute atomic E-state index is 0.0323. The van der Waals surface area contributed by atoms with Crippen LogP contribution >= 0.6 is 0 Å². The quantitative estimate of drug-likeness (QED) is 0.741. The van der Waals surface area contributed by atoms with Gasteiger partial charge in [0.1, 0.15) is 0 Å². The smallest absolute Gasteiger partial charge is 0.433 e. The predicted octanol–water partition coefficient (Wildman–Crippen LogP) is 3.03. The first-order valence-electron chi connectivity index (χ1n) is 7.60. The Morgan fingerprint density at radius 3 is 2.33 bits per heavy atom. The van der Waals surface area contributed by atoms with E-state index in [1.807, 2.05) is 0 Å². The van der Waals surface area contributed by atoms with Gasteiger partial charge in [0.05, 0.1) is 17.3 Å². The van der Waals surface area contributed by atoms with Crippen LogP contribution in [0.5, 0.6) is 0 Å². The summed E-state index contributed by atoms with van der Waals surface area (Å²) >= 11 is 0. The summed E-state index contributed by atoms with van der Waals surface area (Å²) in [6.07, 6.45) is -2.22. The molecule has 1 rings (SSSR count). The second-order valence-corrected chi connectivity index (χ2v) is 6.45. The number of alkyl halides is 3. The second-order valence-electron chi connectivity index (χ2n) is 6.45. The van der Waals surface area contributed by atoms with E-state index in [4.69, 9.17) is 5.11 Å². The Labute approximate surface area is 138 Å². The van der Waals surface area contributed by atoms with Gasteiger partial charge in [-0.2, -0.15) is 18.3 Å². The predicted molar refractivity (Wildman–Crippen MR) is 80.7 cm³/mol. The Morgan fingerprint density at radius 2 is 1.83 bits per heavy atom. The molecular weight excluding hydrogens is 327 g/mol. The number of aliphatic carboxylic acids is 1. The fourth-order valence-electron chi connectivity index (χ4n) is 2.17. The molecule has 0 fully saturated rings. The third kappa shape index (κ3) is 5.54. The second kappa shape index (κ2) is 7.67. The molecule has 0 radical (unpaired) electrons. The maximum Gasteiger partial charge on any atom is 0.433 e. The fraction of sp³-hybridized carbons (Fsp3) is 0.667. The Bertz CT molecular complexity index is 589. The largest absolute Gasteiger partial charge is 0.481 e. The van der Waals surface area contributed by atoms with Gasteiger partial charge < -0.3 is 10.4 Å². The van der Waals surface area contributed by atoms with Crippen molar-refractivity contribution >= 4 is 11.9 Å². The van der Waals surface area contributed by atoms with Crippen molar-refractivity contribution in [1.82, 2.24) is 15.1 Å². The molecule has 1 aromatic heterocycles. The Kier molecular flexibility index (Phi) is 6.39. The first-order chi connectivity index (χ1) is 10.9. The topological polar surface area (TPSA) is 84.2 Å². The lowest BCUT2D eigenvalue weighted by Crippen LogP contribution is -2.32. The number of carbonyl (C=O) groups is 2. The van der Waals surface area contributed by atoms with Crippen molar-refractivity contribution in [3.05, 3.63) is 17.5 Å². The van der Waals surface area contributed by atoms with E-state index < -0.39 is 34.8 Å². The lowest BCUT2D eigenvalue weighted by Gasteiger charge is -2.23. The van der Waals surface area contributed by atoms with Crippen LogP contribution in [-0.2, 0) is 16.5 Å². The molecule has 1 amide bonds. The molecule has 0 saturated heterocycles. The molecule has 136 valence electrons. The minimum Gasteiger partial charge on any atom is -0.481 e. The highest BCUT2D eigenvalue weighted by Gasteiger charge is 2.42. The Morgan fingerprint density at radius 1 is 1.21 bits per heavy atom. The highest BCUT2D eigenvalue weighted by Crippen LogP contribution is 2.34. The van der Waals surface area contributed by atoms with Crippen LogP contribution in [-0.4, -0.2) is 33.3 Å². The van der Waals surface area contributed by atoms with Crippen LogP contribution in [0.1, 0.15) is 62.5 Å². The van der Waals surface area contributed by atoms with Gasteiger partial charge in [-0.1, -0.05) is 6.42 Å². The zero-order valence-electron chi connectivity index (χ0n) is 13.9. The third-order valence-corrected chi connectivity index (χ3v) is 3.27. The van der Waals surface area contributed by atoms with E-state index in [-0.39, 0.29) is 13.0 Å². The van der Waals surface area contributed by atoms with Crippen molar-refractivity contribution in [2.45, 2.75) is 58.2 Å². The average molecular weight is 349 g/mol. The molecule has 1 heterocycles. The standard InChI is InChI=1S/C15H22F3N3O3/c1-14(2,3)21-12(15(16,17)18)10(9-20-21)13(24)19-8-6-4-5-7-11(22)23/h9H,4-8H2,1-3H3,(H,19,24)(H,22,23). The molecule has 0 aliphatic carbocycles. The van der Waals surface area contributed by atoms with E-state index in [1.54, 1.807) is 20.8 Å². The van der Waals surface area contributed by atoms with Crippen molar-refractivity contribution in [3.63, 3.8) is 0 Å². The maximum absolute atomic E-state index is 13.3. The normalized spacial score (nSPS) is 12.2. The number of aromatic nitrogens is 2. The molecule has 6 nitrogen and oxygen atoms in total. The van der Waals surface area contributed by atoms with Gasteiger partial charge in [0, 0.05) is 13.0 Å². The van der Waals surface area contributed by atoms with Gasteiger partial charge in [-0.25, -0.2) is 0 Å². The van der Waals surface area contributed by atoms with Gasteiger partial charge in [-0.05, 0) is 33.6 Å². The Balaban J connectivity index is 2.74. The van der Waals surface area contributed by atoms with Gasteiger partial charge in [0.2, 0.25) is 0 Å². The summed E-state index contributed by atoms with van der Waals surface area (Å²) in [5.41, 5.74) is -2.50. The SMILES string of the molecule is CC(C)(C)n1ncc(C(=O)NCCCCCC(=O)O)c1C(F)(F)F. The fourth-order valence-corrected chi connectivity index (χ4v) is 2.17. The summed E-state index contributed by atoms with van der Waals surface area (Å²) in [6, 6.07) is 0. The average Bonchev–Trinajstić information content (AvgIpc) is 2.87. The van der Waals surface area contributed by atoms with E-state index in [1.165, 1.54) is 0 Å². The zero-order chi connectivity index (χ0) is 18.5. The van der Waals surface area contributed by atoms with E-state index >= 15 is 0 Å². The molecule has 0 saturated carbocycles. The van der Waals surface area contributed by atoms with Crippen molar-refractivity contribution in [2.24, 2.45) is 0 Å². The van der Waals surface area contributed by atoms with Crippen molar-refractivity contribution in [2.75, 3.05) is 6.54 Å². The van der Waals surface area contributed by atoms with Crippen molar-refractivity contribution < 1.29 is 27.9 Å². The number of nitrogens with one attached hydrogen (secondary N) is 1. The molecule has 0 unspecified atom stereocenters. The van der Waals surface area contributed by atoms with Crippen LogP contribution < -0.4 is 5.32 Å². The summed E-state index contributed by atoms with van der Waals surface area (Å²) in [5, 5.41) is 14.6. The molecule has 0 bridgehead atoms. The monoisotopic (exact) mass is 349 g/mol. The van der Waals surface area contributed by atoms with E-state index in [0.717, 1.165) is 10.9 Å². The number of hydrogen-bond donors (Lipinski definition) is 2. The lowest BCUT2D eigenvalue weighted by atomic mass is 10.1. The van der Waals surface area contributed by atoms with E-state index in [0.29, 0.717) is 19.3 Å². The summed E-state index contributed by atoms with van der Waals surface area (Å²) in [7, 11) is 0. The maximum atomic E-state index is 13.3. The Hall–Kier alpha value is -2.06. The summed E-state index contributed by atoms with van der Waals surface area (Å²) in [4.78, 5) is 22.4. The molecule has 0 aliphatic heterocycles. The first-order valence-corrected chi connectivity index (χ1v) is 7.60. The highest BCUT2D eigenvalue weighted by atomic mass is 19.4. The number of hydrogen-bond acceptors (Lipinski definition) is 3. The molecule has 9 heteroatoms. The number of unbranched alkanes of at least 4 members (excludes halogenated alkanes) is 2. The summed E-state index contributed by atoms with van der Waals surface area (Å²) < 4.78 is 40.7. The van der Waals surface area contributed by atoms with E-state index in [2.05, 4.69) is 10.4 Å². The van der Waals surface area contributed by atoms with Gasteiger partial charge in [0.25, 0.3) is 5.91 Å². The zero-order valence-corrected chi connectivity index (χ0v) is 13.9. The number of halogens is 3. The summed E-state index contributed by atoms with van der Waals surface area (Å²) in [5.74, 6) is -1.74. The molecule has 2 N–H and O–H groups in total. The number of amides is 1. The minimum atomic E-state index is -4.70. The highest BCUT2D eigenvalue weighted by molar-refractivity contribution is 5.95. The number of nitrogens with zero attached hydrogens (tertiary/aromatic N) is 2. The van der Waals surface area contributed by atoms with Crippen molar-refractivity contribution in [1.29, 1.82) is 0 Å². The van der Waals surface area contributed by atoms with Crippen LogP contribution in [0, 0.1) is 0 Å². The molecule has 0 spiro atoms. The van der Waals surface area contributed by atoms with Crippen LogP contribution in [0.4, 0.5) is 13.2 Å². The van der Waals surface area contributed by atoms with Gasteiger partial charge in [-0.15, -0.1) is 0 Å². The van der Waals surface area contributed by atoms with Crippen LogP contribution in [0.15, 0.2) is 6.20 Å². The van der Waals surface area contributed by atoms with Crippen LogP contribution in [0.3, 0.4) is 0 Å². The first kappa shape index (κ1) is 20.0.